The second kappa shape index (κ2) is 11.6. The Bertz CT molecular complexity index is 1400. The molecule has 0 radical (unpaired) electrons. The number of benzene rings is 3. The van der Waals surface area contributed by atoms with Gasteiger partial charge in [0.1, 0.15) is 11.5 Å². The summed E-state index contributed by atoms with van der Waals surface area (Å²) in [5.74, 6) is 0.527. The fraction of sp³-hybridized carbons (Fsp3) is 0.345. The van der Waals surface area contributed by atoms with Crippen molar-refractivity contribution in [2.45, 2.75) is 31.0 Å². The van der Waals surface area contributed by atoms with Crippen LogP contribution in [0.1, 0.15) is 16.7 Å². The van der Waals surface area contributed by atoms with Gasteiger partial charge in [-0.3, -0.25) is 14.0 Å². The summed E-state index contributed by atoms with van der Waals surface area (Å²) in [6, 6.07) is 19.6. The molecule has 2 aliphatic rings. The lowest BCUT2D eigenvalue weighted by Gasteiger charge is -2.35. The minimum atomic E-state index is -3.96. The summed E-state index contributed by atoms with van der Waals surface area (Å²) in [6.07, 6.45) is -1.01. The molecule has 0 aromatic heterocycles. The van der Waals surface area contributed by atoms with Crippen LogP contribution < -0.4 is 19.1 Å². The van der Waals surface area contributed by atoms with Gasteiger partial charge in [0.2, 0.25) is 0 Å². The molecule has 3 aromatic rings. The van der Waals surface area contributed by atoms with Crippen molar-refractivity contribution >= 4 is 21.6 Å². The number of methoxy groups -OCH3 is 1. The quantitative estimate of drug-likeness (QED) is 0.460. The van der Waals surface area contributed by atoms with E-state index in [0.717, 1.165) is 44.0 Å². The van der Waals surface area contributed by atoms with Gasteiger partial charge in [-0.1, -0.05) is 30.3 Å². The Morgan fingerprint density at radius 2 is 1.69 bits per heavy atom. The molecule has 3 aromatic carbocycles. The Labute approximate surface area is 229 Å². The fourth-order valence-corrected chi connectivity index (χ4v) is 6.16. The van der Waals surface area contributed by atoms with Gasteiger partial charge in [0.25, 0.3) is 15.9 Å². The minimum Gasteiger partial charge on any atom is -0.497 e. The first-order valence-corrected chi connectivity index (χ1v) is 14.4. The van der Waals surface area contributed by atoms with Gasteiger partial charge in [-0.2, -0.15) is 0 Å². The highest BCUT2D eigenvalue weighted by molar-refractivity contribution is 7.92. The number of ether oxygens (including phenoxy) is 3. The predicted octanol–water partition coefficient (Wildman–Crippen LogP) is 3.11. The lowest BCUT2D eigenvalue weighted by molar-refractivity contribution is -0.127. The van der Waals surface area contributed by atoms with Crippen LogP contribution in [0.5, 0.6) is 11.5 Å². The normalized spacial score (nSPS) is 17.7. The number of morpholine rings is 1. The largest absolute Gasteiger partial charge is 0.497 e. The lowest BCUT2D eigenvalue weighted by Crippen LogP contribution is -2.50. The Kier molecular flexibility index (Phi) is 8.06. The van der Waals surface area contributed by atoms with E-state index in [-0.39, 0.29) is 17.3 Å². The molecule has 0 unspecified atom stereocenters. The SMILES string of the molecule is COc1ccc(S(=O)(=O)N2C[C@H](C(=O)NCc3ccc(CN4CCOCC4)cc3)Oc3cc(C)ccc32)cc1. The highest BCUT2D eigenvalue weighted by Gasteiger charge is 2.37. The Morgan fingerprint density at radius 3 is 2.38 bits per heavy atom. The van der Waals surface area contributed by atoms with E-state index in [9.17, 15) is 13.2 Å². The van der Waals surface area contributed by atoms with Crippen molar-refractivity contribution in [1.29, 1.82) is 0 Å². The first-order valence-electron chi connectivity index (χ1n) is 12.9. The van der Waals surface area contributed by atoms with Crippen LogP contribution in [0.25, 0.3) is 0 Å². The van der Waals surface area contributed by atoms with E-state index in [0.29, 0.717) is 23.7 Å². The molecular formula is C29H33N3O6S. The first kappa shape index (κ1) is 27.0. The number of rotatable bonds is 8. The molecule has 10 heteroatoms. The number of hydrogen-bond acceptors (Lipinski definition) is 7. The van der Waals surface area contributed by atoms with Crippen molar-refractivity contribution < 1.29 is 27.4 Å². The summed E-state index contributed by atoms with van der Waals surface area (Å²) in [4.78, 5) is 15.7. The molecule has 1 saturated heterocycles. The number of nitrogens with one attached hydrogen (secondary N) is 1. The summed E-state index contributed by atoms with van der Waals surface area (Å²) >= 11 is 0. The molecule has 5 rings (SSSR count). The molecule has 0 saturated carbocycles. The number of hydrogen-bond donors (Lipinski definition) is 1. The fourth-order valence-electron chi connectivity index (χ4n) is 4.68. The second-order valence-electron chi connectivity index (χ2n) is 9.71. The van der Waals surface area contributed by atoms with E-state index in [1.807, 2.05) is 25.1 Å². The number of sulfonamides is 1. The van der Waals surface area contributed by atoms with Crippen LogP contribution in [0.2, 0.25) is 0 Å². The van der Waals surface area contributed by atoms with E-state index in [1.54, 1.807) is 24.3 Å². The Hall–Kier alpha value is -3.60. The molecule has 1 amide bonds. The Balaban J connectivity index is 1.28. The predicted molar refractivity (Wildman–Crippen MR) is 148 cm³/mol. The first-order chi connectivity index (χ1) is 18.8. The third-order valence-corrected chi connectivity index (χ3v) is 8.72. The maximum absolute atomic E-state index is 13.6. The van der Waals surface area contributed by atoms with Crippen LogP contribution in [-0.4, -0.2) is 65.3 Å². The van der Waals surface area contributed by atoms with Crippen molar-refractivity contribution in [2.75, 3.05) is 44.3 Å². The number of carbonyl (C=O) groups excluding carboxylic acids is 1. The van der Waals surface area contributed by atoms with Gasteiger partial charge in [-0.15, -0.1) is 0 Å². The van der Waals surface area contributed by atoms with Crippen molar-refractivity contribution in [1.82, 2.24) is 10.2 Å². The van der Waals surface area contributed by atoms with Gasteiger partial charge >= 0.3 is 0 Å². The van der Waals surface area contributed by atoms with E-state index in [1.165, 1.54) is 29.1 Å². The number of anilines is 1. The number of amides is 1. The van der Waals surface area contributed by atoms with Crippen molar-refractivity contribution in [3.05, 3.63) is 83.4 Å². The summed E-state index contributed by atoms with van der Waals surface area (Å²) in [5.41, 5.74) is 3.45. The van der Waals surface area contributed by atoms with Gasteiger partial charge in [-0.05, 0) is 60.0 Å². The van der Waals surface area contributed by atoms with E-state index >= 15 is 0 Å². The zero-order chi connectivity index (χ0) is 27.4. The molecule has 1 N–H and O–H groups in total. The van der Waals surface area contributed by atoms with Crippen LogP contribution >= 0.6 is 0 Å². The molecule has 1 fully saturated rings. The van der Waals surface area contributed by atoms with Crippen LogP contribution in [0.3, 0.4) is 0 Å². The molecule has 0 bridgehead atoms. The van der Waals surface area contributed by atoms with Crippen LogP contribution in [0.4, 0.5) is 5.69 Å². The summed E-state index contributed by atoms with van der Waals surface area (Å²) in [5, 5.41) is 2.91. The zero-order valence-corrected chi connectivity index (χ0v) is 22.9. The van der Waals surface area contributed by atoms with Crippen LogP contribution in [0, 0.1) is 6.92 Å². The lowest BCUT2D eigenvalue weighted by atomic mass is 10.1. The molecular weight excluding hydrogens is 518 g/mol. The van der Waals surface area contributed by atoms with Crippen LogP contribution in [-0.2, 0) is 32.6 Å². The average Bonchev–Trinajstić information content (AvgIpc) is 2.96. The number of carbonyl (C=O) groups is 1. The highest BCUT2D eigenvalue weighted by atomic mass is 32.2. The van der Waals surface area contributed by atoms with Crippen molar-refractivity contribution in [3.8, 4) is 11.5 Å². The molecule has 9 nitrogen and oxygen atoms in total. The van der Waals surface area contributed by atoms with E-state index < -0.39 is 16.1 Å². The van der Waals surface area contributed by atoms with Gasteiger partial charge in [0.05, 0.1) is 37.5 Å². The molecule has 206 valence electrons. The number of fused-ring (bicyclic) bond motifs is 1. The monoisotopic (exact) mass is 551 g/mol. The molecule has 39 heavy (non-hydrogen) atoms. The van der Waals surface area contributed by atoms with Crippen molar-refractivity contribution in [3.63, 3.8) is 0 Å². The van der Waals surface area contributed by atoms with Crippen LogP contribution in [0.15, 0.2) is 71.6 Å². The van der Waals surface area contributed by atoms with Crippen molar-refractivity contribution in [2.24, 2.45) is 0 Å². The smallest absolute Gasteiger partial charge is 0.264 e. The molecule has 2 heterocycles. The number of nitrogens with zero attached hydrogens (tertiary/aromatic N) is 2. The zero-order valence-electron chi connectivity index (χ0n) is 22.1. The second-order valence-corrected chi connectivity index (χ2v) is 11.6. The van der Waals surface area contributed by atoms with Gasteiger partial charge in [-0.25, -0.2) is 8.42 Å². The Morgan fingerprint density at radius 1 is 1.00 bits per heavy atom. The third kappa shape index (κ3) is 6.19. The van der Waals surface area contributed by atoms with Gasteiger partial charge < -0.3 is 19.5 Å². The van der Waals surface area contributed by atoms with E-state index in [4.69, 9.17) is 14.2 Å². The van der Waals surface area contributed by atoms with E-state index in [2.05, 4.69) is 22.3 Å². The molecule has 0 spiro atoms. The summed E-state index contributed by atoms with van der Waals surface area (Å²) < 4.78 is 45.1. The number of aryl methyl sites for hydroxylation is 1. The summed E-state index contributed by atoms with van der Waals surface area (Å²) in [7, 11) is -2.44. The molecule has 1 atom stereocenters. The third-order valence-electron chi connectivity index (χ3n) is 6.92. The van der Waals surface area contributed by atoms with Gasteiger partial charge in [0, 0.05) is 26.2 Å². The molecule has 2 aliphatic heterocycles. The standard InChI is InChI=1S/C29H33N3O6S/c1-21-3-12-26-27(17-21)38-28(20-32(26)39(34,35)25-10-8-24(36-2)9-11-25)29(33)30-18-22-4-6-23(7-5-22)19-31-13-15-37-16-14-31/h3-12,17,28H,13-16,18-20H2,1-2H3,(H,30,33)/t28-/m1/s1. The maximum atomic E-state index is 13.6. The topological polar surface area (TPSA) is 97.4 Å². The average molecular weight is 552 g/mol. The minimum absolute atomic E-state index is 0.105. The highest BCUT2D eigenvalue weighted by Crippen LogP contribution is 2.38. The molecule has 0 aliphatic carbocycles. The summed E-state index contributed by atoms with van der Waals surface area (Å²) in [6.45, 7) is 6.28. The maximum Gasteiger partial charge on any atom is 0.264 e. The van der Waals surface area contributed by atoms with Gasteiger partial charge in [0.15, 0.2) is 6.10 Å².